The maximum absolute atomic E-state index is 10.8. The molecule has 0 unspecified atom stereocenters. The van der Waals surface area contributed by atoms with Gasteiger partial charge in [-0.15, -0.1) is 0 Å². The lowest BCUT2D eigenvalue weighted by Gasteiger charge is -1.95. The molecule has 0 saturated heterocycles. The van der Waals surface area contributed by atoms with Gasteiger partial charge in [0, 0.05) is 6.20 Å². The van der Waals surface area contributed by atoms with Crippen molar-refractivity contribution < 1.29 is 13.5 Å². The highest BCUT2D eigenvalue weighted by Gasteiger charge is 2.13. The van der Waals surface area contributed by atoms with Gasteiger partial charge in [-0.25, -0.2) is 18.5 Å². The molecule has 59 valence electrons. The van der Waals surface area contributed by atoms with E-state index in [0.29, 0.717) is 0 Å². The van der Waals surface area contributed by atoms with E-state index in [0.717, 1.165) is 0 Å². The van der Waals surface area contributed by atoms with E-state index in [2.05, 4.69) is 4.98 Å². The van der Waals surface area contributed by atoms with Gasteiger partial charge in [0.25, 0.3) is 0 Å². The zero-order valence-electron chi connectivity index (χ0n) is 5.60. The van der Waals surface area contributed by atoms with E-state index in [1.54, 1.807) is 6.07 Å². The Balaban J connectivity index is 3.14. The molecule has 0 saturated carbocycles. The van der Waals surface area contributed by atoms with Crippen LogP contribution in [0.3, 0.4) is 0 Å². The van der Waals surface area contributed by atoms with E-state index >= 15 is 0 Å². The number of sulfone groups is 1. The number of hydrogen-bond donors (Lipinski definition) is 0. The quantitative estimate of drug-likeness (QED) is 0.641. The molecule has 0 amide bonds. The molecule has 0 aliphatic carbocycles. The third-order valence-corrected chi connectivity index (χ3v) is 2.30. The number of rotatable bonds is 2. The highest BCUT2D eigenvalue weighted by atomic mass is 32.2. The van der Waals surface area contributed by atoms with Crippen LogP contribution in [0, 0.1) is 0 Å². The molecule has 5 heteroatoms. The SMILES string of the molecule is [O]CS(=O)(=O)c1ccccn1. The molecule has 0 N–H and O–H groups in total. The first-order valence-electron chi connectivity index (χ1n) is 2.89. The summed E-state index contributed by atoms with van der Waals surface area (Å²) >= 11 is 0. The molecule has 1 aromatic rings. The summed E-state index contributed by atoms with van der Waals surface area (Å²) in [6.45, 7) is 0. The normalized spacial score (nSPS) is 11.4. The summed E-state index contributed by atoms with van der Waals surface area (Å²) in [7, 11) is -3.66. The highest BCUT2D eigenvalue weighted by Crippen LogP contribution is 2.04. The van der Waals surface area contributed by atoms with Gasteiger partial charge in [0.1, 0.15) is 0 Å². The molecule has 1 radical (unpaired) electrons. The molecule has 1 heterocycles. The molecule has 0 atom stereocenters. The van der Waals surface area contributed by atoms with Gasteiger partial charge in [0.2, 0.25) is 9.84 Å². The van der Waals surface area contributed by atoms with E-state index in [4.69, 9.17) is 0 Å². The van der Waals surface area contributed by atoms with Crippen molar-refractivity contribution in [1.29, 1.82) is 0 Å². The van der Waals surface area contributed by atoms with Crippen molar-refractivity contribution in [2.24, 2.45) is 0 Å². The largest absolute Gasteiger partial charge is 0.245 e. The Kier molecular flexibility index (Phi) is 2.21. The molecule has 0 aromatic carbocycles. The molecular weight excluding hydrogens is 166 g/mol. The first-order chi connectivity index (χ1) is 5.17. The van der Waals surface area contributed by atoms with Gasteiger partial charge in [-0.2, -0.15) is 0 Å². The second-order valence-electron chi connectivity index (χ2n) is 1.90. The highest BCUT2D eigenvalue weighted by molar-refractivity contribution is 7.91. The van der Waals surface area contributed by atoms with Crippen LogP contribution < -0.4 is 0 Å². The van der Waals surface area contributed by atoms with Crippen LogP contribution in [0.25, 0.3) is 0 Å². The molecule has 0 spiro atoms. The number of hydrogen-bond acceptors (Lipinski definition) is 3. The van der Waals surface area contributed by atoms with E-state index in [-0.39, 0.29) is 5.03 Å². The lowest BCUT2D eigenvalue weighted by Crippen LogP contribution is -2.06. The molecule has 11 heavy (non-hydrogen) atoms. The van der Waals surface area contributed by atoms with Gasteiger partial charge < -0.3 is 0 Å². The zero-order chi connectivity index (χ0) is 8.32. The minimum Gasteiger partial charge on any atom is -0.245 e. The zero-order valence-corrected chi connectivity index (χ0v) is 6.41. The Bertz CT molecular complexity index is 319. The monoisotopic (exact) mass is 172 g/mol. The third-order valence-electron chi connectivity index (χ3n) is 1.11. The molecule has 1 aromatic heterocycles. The first-order valence-corrected chi connectivity index (χ1v) is 4.54. The predicted molar refractivity (Wildman–Crippen MR) is 37.0 cm³/mol. The van der Waals surface area contributed by atoms with Gasteiger partial charge in [-0.05, 0) is 12.1 Å². The number of aromatic nitrogens is 1. The van der Waals surface area contributed by atoms with Crippen LogP contribution in [0.4, 0.5) is 0 Å². The van der Waals surface area contributed by atoms with Gasteiger partial charge in [0.15, 0.2) is 11.0 Å². The Labute approximate surface area is 64.4 Å². The van der Waals surface area contributed by atoms with Gasteiger partial charge >= 0.3 is 0 Å². The Hall–Kier alpha value is -0.940. The maximum atomic E-state index is 10.8. The van der Waals surface area contributed by atoms with Crippen molar-refractivity contribution in [2.45, 2.75) is 5.03 Å². The van der Waals surface area contributed by atoms with Crippen LogP contribution in [0.15, 0.2) is 29.4 Å². The fourth-order valence-electron chi connectivity index (χ4n) is 0.591. The van der Waals surface area contributed by atoms with Crippen LogP contribution >= 0.6 is 0 Å². The average molecular weight is 172 g/mol. The maximum Gasteiger partial charge on any atom is 0.222 e. The second kappa shape index (κ2) is 2.98. The first kappa shape index (κ1) is 8.16. The van der Waals surface area contributed by atoms with E-state index in [1.165, 1.54) is 18.3 Å². The summed E-state index contributed by atoms with van der Waals surface area (Å²) in [5.74, 6) is -1.15. The molecular formula is C6H6NO3S. The topological polar surface area (TPSA) is 66.9 Å². The molecule has 0 aliphatic rings. The molecule has 4 nitrogen and oxygen atoms in total. The van der Waals surface area contributed by atoms with Crippen molar-refractivity contribution in [1.82, 2.24) is 4.98 Å². The third kappa shape index (κ3) is 1.75. The van der Waals surface area contributed by atoms with Crippen molar-refractivity contribution >= 4 is 9.84 Å². The van der Waals surface area contributed by atoms with Gasteiger partial charge in [0.05, 0.1) is 0 Å². The van der Waals surface area contributed by atoms with E-state index < -0.39 is 15.8 Å². The second-order valence-corrected chi connectivity index (χ2v) is 3.78. The predicted octanol–water partition coefficient (Wildman–Crippen LogP) is 0.243. The summed E-state index contributed by atoms with van der Waals surface area (Å²) < 4.78 is 21.7. The van der Waals surface area contributed by atoms with Crippen LogP contribution in [0.5, 0.6) is 0 Å². The fourth-order valence-corrected chi connectivity index (χ4v) is 1.22. The van der Waals surface area contributed by atoms with Crippen molar-refractivity contribution in [3.63, 3.8) is 0 Å². The van der Waals surface area contributed by atoms with E-state index in [1.807, 2.05) is 0 Å². The minimum atomic E-state index is -3.66. The van der Waals surface area contributed by atoms with Gasteiger partial charge in [-0.3, -0.25) is 0 Å². The molecule has 0 fully saturated rings. The van der Waals surface area contributed by atoms with Gasteiger partial charge in [-0.1, -0.05) is 6.07 Å². The molecule has 0 bridgehead atoms. The summed E-state index contributed by atoms with van der Waals surface area (Å²) in [5, 5.41) is 9.97. The van der Waals surface area contributed by atoms with Crippen molar-refractivity contribution in [3.05, 3.63) is 24.4 Å². The summed E-state index contributed by atoms with van der Waals surface area (Å²) in [4.78, 5) is 3.53. The fraction of sp³-hybridized carbons (Fsp3) is 0.167. The number of pyridine rings is 1. The average Bonchev–Trinajstić information content (AvgIpc) is 2.06. The summed E-state index contributed by atoms with van der Waals surface area (Å²) in [6.07, 6.45) is 1.34. The van der Waals surface area contributed by atoms with Crippen LogP contribution in [0.1, 0.15) is 0 Å². The van der Waals surface area contributed by atoms with Crippen molar-refractivity contribution in [3.8, 4) is 0 Å². The standard InChI is InChI=1S/C6H6NO3S/c8-5-11(9,10)6-3-1-2-4-7-6/h1-4H,5H2. The summed E-state index contributed by atoms with van der Waals surface area (Å²) in [6, 6.07) is 4.41. The molecule has 1 rings (SSSR count). The van der Waals surface area contributed by atoms with Crippen LogP contribution in [0.2, 0.25) is 0 Å². The lowest BCUT2D eigenvalue weighted by atomic mass is 10.5. The minimum absolute atomic E-state index is 0.157. The number of nitrogens with zero attached hydrogens (tertiary/aromatic N) is 1. The smallest absolute Gasteiger partial charge is 0.222 e. The van der Waals surface area contributed by atoms with Crippen LogP contribution in [-0.4, -0.2) is 19.3 Å². The molecule has 0 aliphatic heterocycles. The lowest BCUT2D eigenvalue weighted by molar-refractivity contribution is 0.250. The van der Waals surface area contributed by atoms with Crippen LogP contribution in [-0.2, 0) is 14.9 Å². The summed E-state index contributed by atoms with van der Waals surface area (Å²) in [5.41, 5.74) is 0. The Morgan fingerprint density at radius 2 is 2.09 bits per heavy atom. The van der Waals surface area contributed by atoms with Crippen molar-refractivity contribution in [2.75, 3.05) is 5.94 Å². The van der Waals surface area contributed by atoms with E-state index in [9.17, 15) is 13.5 Å². The Morgan fingerprint density at radius 3 is 2.55 bits per heavy atom. The Morgan fingerprint density at radius 1 is 1.36 bits per heavy atom.